The number of nitrogen functional groups attached to an aromatic ring is 1. The zero-order valence-electron chi connectivity index (χ0n) is 7.27. The number of aromatic nitrogens is 1. The highest BCUT2D eigenvalue weighted by Gasteiger charge is 2.14. The molecule has 0 aliphatic carbocycles. The Bertz CT molecular complexity index is 356. The SMILES string of the molecule is Nc1cnc(Cl)c([C@H](N)CC(=O)O)c1. The van der Waals surface area contributed by atoms with E-state index in [1.165, 1.54) is 12.3 Å². The Balaban J connectivity index is 2.93. The first kappa shape index (κ1) is 10.7. The molecule has 1 aromatic heterocycles. The highest BCUT2D eigenvalue weighted by atomic mass is 35.5. The Morgan fingerprint density at radius 3 is 2.93 bits per heavy atom. The minimum atomic E-state index is -0.990. The molecule has 1 atom stereocenters. The molecule has 1 aromatic rings. The molecule has 0 radical (unpaired) electrons. The normalized spacial score (nSPS) is 12.4. The molecule has 14 heavy (non-hydrogen) atoms. The van der Waals surface area contributed by atoms with Crippen LogP contribution in [0.3, 0.4) is 0 Å². The summed E-state index contributed by atoms with van der Waals surface area (Å²) in [6.45, 7) is 0. The Kier molecular flexibility index (Phi) is 3.27. The van der Waals surface area contributed by atoms with Crippen molar-refractivity contribution in [1.82, 2.24) is 4.98 Å². The molecule has 0 bridgehead atoms. The lowest BCUT2D eigenvalue weighted by Crippen LogP contribution is -2.16. The van der Waals surface area contributed by atoms with Crippen molar-refractivity contribution in [2.75, 3.05) is 5.73 Å². The minimum absolute atomic E-state index is 0.188. The number of anilines is 1. The number of pyridine rings is 1. The Labute approximate surface area is 85.7 Å². The van der Waals surface area contributed by atoms with Crippen LogP contribution in [-0.4, -0.2) is 16.1 Å². The van der Waals surface area contributed by atoms with Crippen LogP contribution in [0.1, 0.15) is 18.0 Å². The molecule has 0 aromatic carbocycles. The third-order valence-electron chi connectivity index (χ3n) is 1.68. The predicted octanol–water partition coefficient (Wildman–Crippen LogP) is 0.792. The number of carboxylic acids is 1. The molecular formula is C8H10ClN3O2. The van der Waals surface area contributed by atoms with Gasteiger partial charge in [0.15, 0.2) is 0 Å². The number of halogens is 1. The quantitative estimate of drug-likeness (QED) is 0.647. The molecule has 6 heteroatoms. The topological polar surface area (TPSA) is 102 Å². The van der Waals surface area contributed by atoms with Gasteiger partial charge in [0.05, 0.1) is 18.3 Å². The van der Waals surface area contributed by atoms with Crippen molar-refractivity contribution in [2.45, 2.75) is 12.5 Å². The van der Waals surface area contributed by atoms with E-state index in [-0.39, 0.29) is 11.6 Å². The van der Waals surface area contributed by atoms with E-state index in [2.05, 4.69) is 4.98 Å². The van der Waals surface area contributed by atoms with E-state index in [9.17, 15) is 4.79 Å². The van der Waals surface area contributed by atoms with Gasteiger partial charge in [-0.3, -0.25) is 4.79 Å². The maximum Gasteiger partial charge on any atom is 0.305 e. The maximum atomic E-state index is 10.4. The van der Waals surface area contributed by atoms with Crippen molar-refractivity contribution in [1.29, 1.82) is 0 Å². The van der Waals surface area contributed by atoms with Crippen LogP contribution in [0.5, 0.6) is 0 Å². The first-order valence-electron chi connectivity index (χ1n) is 3.89. The van der Waals surface area contributed by atoms with Crippen molar-refractivity contribution < 1.29 is 9.90 Å². The lowest BCUT2D eigenvalue weighted by Gasteiger charge is -2.10. The lowest BCUT2D eigenvalue weighted by molar-refractivity contribution is -0.137. The maximum absolute atomic E-state index is 10.4. The van der Waals surface area contributed by atoms with Crippen molar-refractivity contribution >= 4 is 23.3 Å². The molecule has 1 rings (SSSR count). The number of rotatable bonds is 3. The smallest absolute Gasteiger partial charge is 0.305 e. The summed E-state index contributed by atoms with van der Waals surface area (Å²) in [5.74, 6) is -0.990. The van der Waals surface area contributed by atoms with E-state index in [4.69, 9.17) is 28.2 Å². The molecule has 0 aliphatic rings. The average molecular weight is 216 g/mol. The molecule has 0 amide bonds. The highest BCUT2D eigenvalue weighted by molar-refractivity contribution is 6.30. The van der Waals surface area contributed by atoms with E-state index in [1.54, 1.807) is 0 Å². The number of nitrogens with two attached hydrogens (primary N) is 2. The summed E-state index contributed by atoms with van der Waals surface area (Å²) in [4.78, 5) is 14.2. The van der Waals surface area contributed by atoms with Crippen molar-refractivity contribution in [2.24, 2.45) is 5.73 Å². The van der Waals surface area contributed by atoms with Gasteiger partial charge in [-0.1, -0.05) is 11.6 Å². The van der Waals surface area contributed by atoms with Crippen LogP contribution in [0.2, 0.25) is 5.15 Å². The van der Waals surface area contributed by atoms with Gasteiger partial charge in [0, 0.05) is 11.6 Å². The van der Waals surface area contributed by atoms with Crippen LogP contribution >= 0.6 is 11.6 Å². The van der Waals surface area contributed by atoms with Gasteiger partial charge in [-0.15, -0.1) is 0 Å². The predicted molar refractivity (Wildman–Crippen MR) is 52.8 cm³/mol. The number of carboxylic acid groups (broad SMARTS) is 1. The van der Waals surface area contributed by atoms with Crippen molar-refractivity contribution in [3.05, 3.63) is 23.0 Å². The zero-order chi connectivity index (χ0) is 10.7. The number of aliphatic carboxylic acids is 1. The fourth-order valence-electron chi connectivity index (χ4n) is 1.04. The first-order chi connectivity index (χ1) is 6.50. The van der Waals surface area contributed by atoms with Crippen LogP contribution in [0.15, 0.2) is 12.3 Å². The molecule has 0 spiro atoms. The molecular weight excluding hydrogens is 206 g/mol. The molecule has 0 saturated heterocycles. The molecule has 0 fully saturated rings. The zero-order valence-corrected chi connectivity index (χ0v) is 8.03. The molecule has 0 saturated carbocycles. The van der Waals surface area contributed by atoms with Gasteiger partial charge in [0.2, 0.25) is 0 Å². The van der Waals surface area contributed by atoms with Crippen molar-refractivity contribution in [3.8, 4) is 0 Å². The molecule has 5 nitrogen and oxygen atoms in total. The summed E-state index contributed by atoms with van der Waals surface area (Å²) in [7, 11) is 0. The van der Waals surface area contributed by atoms with Crippen LogP contribution in [0, 0.1) is 0 Å². The summed E-state index contributed by atoms with van der Waals surface area (Å²) >= 11 is 5.73. The summed E-state index contributed by atoms with van der Waals surface area (Å²) < 4.78 is 0. The molecule has 0 aliphatic heterocycles. The fraction of sp³-hybridized carbons (Fsp3) is 0.250. The molecule has 5 N–H and O–H groups in total. The second-order valence-corrected chi connectivity index (χ2v) is 3.21. The number of nitrogens with zero attached hydrogens (tertiary/aromatic N) is 1. The highest BCUT2D eigenvalue weighted by Crippen LogP contribution is 2.23. The van der Waals surface area contributed by atoms with Crippen LogP contribution in [-0.2, 0) is 4.79 Å². The first-order valence-corrected chi connectivity index (χ1v) is 4.26. The monoisotopic (exact) mass is 215 g/mol. The van der Waals surface area contributed by atoms with Gasteiger partial charge in [-0.05, 0) is 6.07 Å². The van der Waals surface area contributed by atoms with Gasteiger partial charge >= 0.3 is 5.97 Å². The van der Waals surface area contributed by atoms with Gasteiger partial charge < -0.3 is 16.6 Å². The molecule has 76 valence electrons. The van der Waals surface area contributed by atoms with Gasteiger partial charge in [-0.25, -0.2) is 4.98 Å². The molecule has 1 heterocycles. The van der Waals surface area contributed by atoms with Crippen LogP contribution in [0.4, 0.5) is 5.69 Å². The summed E-state index contributed by atoms with van der Waals surface area (Å²) in [5.41, 5.74) is 11.9. The van der Waals surface area contributed by atoms with E-state index < -0.39 is 12.0 Å². The average Bonchev–Trinajstić information content (AvgIpc) is 2.08. The summed E-state index contributed by atoms with van der Waals surface area (Å²) in [6, 6.07) is 0.846. The van der Waals surface area contributed by atoms with Gasteiger partial charge in [0.1, 0.15) is 5.15 Å². The summed E-state index contributed by atoms with van der Waals surface area (Å²) in [5, 5.41) is 8.72. The number of carbonyl (C=O) groups is 1. The van der Waals surface area contributed by atoms with Gasteiger partial charge in [0.25, 0.3) is 0 Å². The standard InChI is InChI=1S/C8H10ClN3O2/c9-8-5(1-4(10)3-12-8)6(11)2-7(13)14/h1,3,6H,2,10-11H2,(H,13,14)/t6-/m1/s1. The Morgan fingerprint density at radius 1 is 1.71 bits per heavy atom. The van der Waals surface area contributed by atoms with E-state index in [0.717, 1.165) is 0 Å². The molecule has 0 unspecified atom stereocenters. The third kappa shape index (κ3) is 2.58. The van der Waals surface area contributed by atoms with E-state index >= 15 is 0 Å². The van der Waals surface area contributed by atoms with E-state index in [0.29, 0.717) is 11.3 Å². The second kappa shape index (κ2) is 4.26. The van der Waals surface area contributed by atoms with Crippen molar-refractivity contribution in [3.63, 3.8) is 0 Å². The number of hydrogen-bond donors (Lipinski definition) is 3. The van der Waals surface area contributed by atoms with Crippen LogP contribution < -0.4 is 11.5 Å². The Morgan fingerprint density at radius 2 is 2.36 bits per heavy atom. The Hall–Kier alpha value is -1.33. The second-order valence-electron chi connectivity index (χ2n) is 2.85. The van der Waals surface area contributed by atoms with Crippen LogP contribution in [0.25, 0.3) is 0 Å². The number of hydrogen-bond acceptors (Lipinski definition) is 4. The van der Waals surface area contributed by atoms with Gasteiger partial charge in [-0.2, -0.15) is 0 Å². The fourth-order valence-corrected chi connectivity index (χ4v) is 1.28. The lowest BCUT2D eigenvalue weighted by atomic mass is 10.1. The van der Waals surface area contributed by atoms with E-state index in [1.807, 2.05) is 0 Å². The minimum Gasteiger partial charge on any atom is -0.481 e. The largest absolute Gasteiger partial charge is 0.481 e. The third-order valence-corrected chi connectivity index (χ3v) is 2.00. The summed E-state index contributed by atoms with van der Waals surface area (Å²) in [6.07, 6.45) is 1.18.